The second kappa shape index (κ2) is 6.92. The molecule has 2 fully saturated rings. The quantitative estimate of drug-likeness (QED) is 0.850. The molecule has 4 rings (SSSR count). The van der Waals surface area contributed by atoms with Crippen LogP contribution in [-0.4, -0.2) is 47.3 Å². The summed E-state index contributed by atoms with van der Waals surface area (Å²) in [5, 5.41) is 7.59. The summed E-state index contributed by atoms with van der Waals surface area (Å²) in [5.41, 5.74) is 1.01. The summed E-state index contributed by atoms with van der Waals surface area (Å²) >= 11 is 1.35. The summed E-state index contributed by atoms with van der Waals surface area (Å²) in [4.78, 5) is 40.0. The highest BCUT2D eigenvalue weighted by Crippen LogP contribution is 2.24. The van der Waals surface area contributed by atoms with Crippen LogP contribution in [0.3, 0.4) is 0 Å². The maximum Gasteiger partial charge on any atom is 0.261 e. The highest BCUT2D eigenvalue weighted by Gasteiger charge is 2.48. The molecule has 0 aliphatic carbocycles. The highest BCUT2D eigenvalue weighted by molar-refractivity contribution is 7.12. The van der Waals surface area contributed by atoms with Crippen molar-refractivity contribution >= 4 is 29.1 Å². The van der Waals surface area contributed by atoms with Crippen LogP contribution < -0.4 is 10.6 Å². The first-order valence-electron chi connectivity index (χ1n) is 8.62. The molecule has 3 unspecified atom stereocenters. The smallest absolute Gasteiger partial charge is 0.261 e. The molecule has 0 spiro atoms. The lowest BCUT2D eigenvalue weighted by Gasteiger charge is -2.36. The minimum Gasteiger partial charge on any atom is -0.346 e. The van der Waals surface area contributed by atoms with E-state index in [1.165, 1.54) is 11.3 Å². The minimum atomic E-state index is -0.626. The van der Waals surface area contributed by atoms with E-state index in [-0.39, 0.29) is 23.8 Å². The van der Waals surface area contributed by atoms with Gasteiger partial charge in [-0.25, -0.2) is 0 Å². The summed E-state index contributed by atoms with van der Waals surface area (Å²) < 4.78 is 0. The van der Waals surface area contributed by atoms with Gasteiger partial charge >= 0.3 is 0 Å². The first-order chi connectivity index (χ1) is 12.6. The number of nitrogens with zero attached hydrogens (tertiary/aromatic N) is 1. The number of carbonyl (C=O) groups is 3. The molecule has 2 aliphatic rings. The van der Waals surface area contributed by atoms with Gasteiger partial charge in [-0.05, 0) is 23.4 Å². The Hall–Kier alpha value is -2.67. The SMILES string of the molecule is O=C(NC1CCN2C(=O)C(Cc3ccccc3)NC(=O)C12)c1cccs1. The van der Waals surface area contributed by atoms with Crippen molar-refractivity contribution in [3.63, 3.8) is 0 Å². The molecule has 1 aromatic carbocycles. The highest BCUT2D eigenvalue weighted by atomic mass is 32.1. The number of rotatable bonds is 4. The van der Waals surface area contributed by atoms with E-state index in [4.69, 9.17) is 0 Å². The van der Waals surface area contributed by atoms with Crippen LogP contribution in [0.2, 0.25) is 0 Å². The Morgan fingerprint density at radius 2 is 2.00 bits per heavy atom. The topological polar surface area (TPSA) is 78.5 Å². The summed E-state index contributed by atoms with van der Waals surface area (Å²) in [6, 6.07) is 11.7. The Bertz CT molecular complexity index is 822. The second-order valence-corrected chi connectivity index (χ2v) is 7.52. The van der Waals surface area contributed by atoms with Gasteiger partial charge in [-0.3, -0.25) is 14.4 Å². The number of piperazine rings is 1. The Morgan fingerprint density at radius 1 is 1.19 bits per heavy atom. The van der Waals surface area contributed by atoms with Gasteiger partial charge in [-0.2, -0.15) is 0 Å². The second-order valence-electron chi connectivity index (χ2n) is 6.57. The van der Waals surface area contributed by atoms with Gasteiger partial charge in [0.25, 0.3) is 5.91 Å². The molecule has 0 radical (unpaired) electrons. The molecule has 2 saturated heterocycles. The maximum atomic E-state index is 12.8. The molecule has 6 nitrogen and oxygen atoms in total. The first kappa shape index (κ1) is 16.8. The Kier molecular flexibility index (Phi) is 4.46. The van der Waals surface area contributed by atoms with Crippen molar-refractivity contribution in [1.82, 2.24) is 15.5 Å². The van der Waals surface area contributed by atoms with Crippen molar-refractivity contribution in [2.24, 2.45) is 0 Å². The van der Waals surface area contributed by atoms with E-state index < -0.39 is 12.1 Å². The zero-order valence-corrected chi connectivity index (χ0v) is 14.9. The average molecular weight is 369 g/mol. The van der Waals surface area contributed by atoms with Crippen LogP contribution in [0.15, 0.2) is 47.8 Å². The number of fused-ring (bicyclic) bond motifs is 1. The predicted octanol–water partition coefficient (Wildman–Crippen LogP) is 1.19. The van der Waals surface area contributed by atoms with Crippen molar-refractivity contribution < 1.29 is 14.4 Å². The number of benzene rings is 1. The molecule has 7 heteroatoms. The number of nitrogens with one attached hydrogen (secondary N) is 2. The van der Waals surface area contributed by atoms with Crippen molar-refractivity contribution in [3.05, 3.63) is 58.3 Å². The van der Waals surface area contributed by atoms with Gasteiger partial charge in [0.15, 0.2) is 0 Å². The largest absolute Gasteiger partial charge is 0.346 e. The third-order valence-electron chi connectivity index (χ3n) is 4.91. The predicted molar refractivity (Wildman–Crippen MR) is 97.8 cm³/mol. The number of carbonyl (C=O) groups excluding carboxylic acids is 3. The normalized spacial score (nSPS) is 24.9. The van der Waals surface area contributed by atoms with Crippen molar-refractivity contribution in [3.8, 4) is 0 Å². The Morgan fingerprint density at radius 3 is 2.73 bits per heavy atom. The molecule has 3 atom stereocenters. The molecule has 134 valence electrons. The third kappa shape index (κ3) is 3.10. The fraction of sp³-hybridized carbons (Fsp3) is 0.316. The van der Waals surface area contributed by atoms with Crippen LogP contribution in [0.4, 0.5) is 0 Å². The molecule has 1 aromatic heterocycles. The number of hydrogen-bond donors (Lipinski definition) is 2. The molecule has 0 bridgehead atoms. The summed E-state index contributed by atoms with van der Waals surface area (Å²) in [7, 11) is 0. The standard InChI is InChI=1S/C19H19N3O3S/c23-17(15-7-4-10-26-15)20-13-8-9-22-16(13)18(24)21-14(19(22)25)11-12-5-2-1-3-6-12/h1-7,10,13-14,16H,8-9,11H2,(H,20,23)(H,21,24). The van der Waals surface area contributed by atoms with Crippen LogP contribution in [0.1, 0.15) is 21.7 Å². The van der Waals surface area contributed by atoms with Gasteiger partial charge in [-0.1, -0.05) is 36.4 Å². The minimum absolute atomic E-state index is 0.0775. The van der Waals surface area contributed by atoms with E-state index in [0.717, 1.165) is 5.56 Å². The van der Waals surface area contributed by atoms with E-state index in [2.05, 4.69) is 10.6 Å². The van der Waals surface area contributed by atoms with E-state index in [0.29, 0.717) is 24.3 Å². The monoisotopic (exact) mass is 369 g/mol. The van der Waals surface area contributed by atoms with Crippen molar-refractivity contribution in [1.29, 1.82) is 0 Å². The fourth-order valence-electron chi connectivity index (χ4n) is 3.67. The molecule has 2 aromatic rings. The average Bonchev–Trinajstić information content (AvgIpc) is 3.31. The van der Waals surface area contributed by atoms with Crippen LogP contribution in [0.5, 0.6) is 0 Å². The van der Waals surface area contributed by atoms with Gasteiger partial charge < -0.3 is 15.5 Å². The van der Waals surface area contributed by atoms with Gasteiger partial charge in [0.2, 0.25) is 11.8 Å². The molecular weight excluding hydrogens is 350 g/mol. The van der Waals surface area contributed by atoms with E-state index in [9.17, 15) is 14.4 Å². The molecule has 3 heterocycles. The summed E-state index contributed by atoms with van der Waals surface area (Å²) in [6.07, 6.45) is 1.06. The van der Waals surface area contributed by atoms with Crippen LogP contribution >= 0.6 is 11.3 Å². The lowest BCUT2D eigenvalue weighted by Crippen LogP contribution is -2.65. The molecular formula is C19H19N3O3S. The van der Waals surface area contributed by atoms with Crippen molar-refractivity contribution in [2.75, 3.05) is 6.54 Å². The van der Waals surface area contributed by atoms with Gasteiger partial charge in [-0.15, -0.1) is 11.3 Å². The third-order valence-corrected chi connectivity index (χ3v) is 5.78. The maximum absolute atomic E-state index is 12.8. The van der Waals surface area contributed by atoms with E-state index >= 15 is 0 Å². The molecule has 2 N–H and O–H groups in total. The zero-order chi connectivity index (χ0) is 18.1. The van der Waals surface area contributed by atoms with Gasteiger partial charge in [0.1, 0.15) is 12.1 Å². The lowest BCUT2D eigenvalue weighted by molar-refractivity contribution is -0.147. The Balaban J connectivity index is 1.46. The number of hydrogen-bond acceptors (Lipinski definition) is 4. The van der Waals surface area contributed by atoms with Crippen LogP contribution in [-0.2, 0) is 16.0 Å². The van der Waals surface area contributed by atoms with Gasteiger partial charge in [0.05, 0.1) is 10.9 Å². The zero-order valence-electron chi connectivity index (χ0n) is 14.1. The van der Waals surface area contributed by atoms with E-state index in [1.54, 1.807) is 11.0 Å². The lowest BCUT2D eigenvalue weighted by atomic mass is 9.99. The Labute approximate surface area is 155 Å². The summed E-state index contributed by atoms with van der Waals surface area (Å²) in [5.74, 6) is -0.468. The number of thiophene rings is 1. The molecule has 3 amide bonds. The van der Waals surface area contributed by atoms with Crippen LogP contribution in [0.25, 0.3) is 0 Å². The molecule has 0 saturated carbocycles. The van der Waals surface area contributed by atoms with E-state index in [1.807, 2.05) is 41.8 Å². The fourth-order valence-corrected chi connectivity index (χ4v) is 4.30. The first-order valence-corrected chi connectivity index (χ1v) is 9.50. The van der Waals surface area contributed by atoms with Crippen molar-refractivity contribution in [2.45, 2.75) is 31.0 Å². The number of amides is 3. The molecule has 26 heavy (non-hydrogen) atoms. The van der Waals surface area contributed by atoms with Gasteiger partial charge in [0, 0.05) is 13.0 Å². The van der Waals surface area contributed by atoms with Crippen LogP contribution in [0, 0.1) is 0 Å². The molecule has 2 aliphatic heterocycles. The summed E-state index contributed by atoms with van der Waals surface area (Å²) in [6.45, 7) is 0.484.